The molecule has 4 heteroatoms. The van der Waals surface area contributed by atoms with Gasteiger partial charge in [0, 0.05) is 0 Å². The van der Waals surface area contributed by atoms with Crippen molar-refractivity contribution in [2.24, 2.45) is 0 Å². The van der Waals surface area contributed by atoms with Crippen LogP contribution in [0.3, 0.4) is 0 Å². The zero-order valence-corrected chi connectivity index (χ0v) is 9.24. The largest absolute Gasteiger partial charge is 0.300 e. The van der Waals surface area contributed by atoms with Crippen molar-refractivity contribution in [2.45, 2.75) is 51.9 Å². The Bertz CT molecular complexity index is 330. The third-order valence-corrected chi connectivity index (χ3v) is 2.57. The minimum absolute atomic E-state index is 0.412. The second-order valence-electron chi connectivity index (χ2n) is 3.89. The number of aromatic amines is 2. The average molecular weight is 214 g/mol. The van der Waals surface area contributed by atoms with Gasteiger partial charge in [0.1, 0.15) is 0 Å². The van der Waals surface area contributed by atoms with Gasteiger partial charge < -0.3 is 0 Å². The quantitative estimate of drug-likeness (QED) is 0.674. The van der Waals surface area contributed by atoms with Crippen molar-refractivity contribution in [3.8, 4) is 0 Å². The molecule has 0 aromatic carbocycles. The number of halogens is 1. The first-order chi connectivity index (χ1) is 7.25. The molecule has 86 valence electrons. The maximum Gasteiger partial charge on any atom is 0.300 e. The summed E-state index contributed by atoms with van der Waals surface area (Å²) in [5.41, 5.74) is -0.230. The standard InChI is InChI=1S/C11H19FN2O/c1-2-3-4-5-6-7-8-9-10(12)11(15)14-13-9/h2-8H2,1H3,(H2,13,14,15). The molecule has 0 saturated heterocycles. The Morgan fingerprint density at radius 3 is 2.33 bits per heavy atom. The van der Waals surface area contributed by atoms with Crippen molar-refractivity contribution in [3.05, 3.63) is 21.9 Å². The number of nitrogens with one attached hydrogen (secondary N) is 2. The van der Waals surface area contributed by atoms with E-state index in [0.29, 0.717) is 12.1 Å². The van der Waals surface area contributed by atoms with Crippen LogP contribution in [0, 0.1) is 5.82 Å². The van der Waals surface area contributed by atoms with Gasteiger partial charge in [-0.2, -0.15) is 4.39 Å². The van der Waals surface area contributed by atoms with Crippen molar-refractivity contribution >= 4 is 0 Å². The number of aryl methyl sites for hydroxylation is 1. The highest BCUT2D eigenvalue weighted by molar-refractivity contribution is 5.01. The lowest BCUT2D eigenvalue weighted by atomic mass is 10.1. The van der Waals surface area contributed by atoms with E-state index in [0.717, 1.165) is 12.8 Å². The van der Waals surface area contributed by atoms with Crippen LogP contribution in [0.25, 0.3) is 0 Å². The molecule has 0 saturated carbocycles. The molecule has 0 aliphatic carbocycles. The van der Waals surface area contributed by atoms with E-state index in [4.69, 9.17) is 0 Å². The second-order valence-corrected chi connectivity index (χ2v) is 3.89. The van der Waals surface area contributed by atoms with Gasteiger partial charge in [-0.1, -0.05) is 39.0 Å². The lowest BCUT2D eigenvalue weighted by Crippen LogP contribution is -2.02. The van der Waals surface area contributed by atoms with Crippen molar-refractivity contribution < 1.29 is 4.39 Å². The first-order valence-electron chi connectivity index (χ1n) is 5.70. The number of H-pyrrole nitrogens is 2. The van der Waals surface area contributed by atoms with Crippen molar-refractivity contribution in [2.75, 3.05) is 0 Å². The molecule has 0 bridgehead atoms. The zero-order chi connectivity index (χ0) is 11.1. The number of aromatic nitrogens is 2. The van der Waals surface area contributed by atoms with Gasteiger partial charge in [-0.05, 0) is 12.8 Å². The van der Waals surface area contributed by atoms with Gasteiger partial charge in [-0.15, -0.1) is 0 Å². The minimum atomic E-state index is -0.649. The summed E-state index contributed by atoms with van der Waals surface area (Å²) in [5.74, 6) is -0.649. The summed E-state index contributed by atoms with van der Waals surface area (Å²) in [5, 5.41) is 4.81. The molecular formula is C11H19FN2O. The fraction of sp³-hybridized carbons (Fsp3) is 0.727. The van der Waals surface area contributed by atoms with E-state index >= 15 is 0 Å². The number of hydrogen-bond acceptors (Lipinski definition) is 1. The molecule has 0 unspecified atom stereocenters. The molecular weight excluding hydrogens is 195 g/mol. The molecule has 15 heavy (non-hydrogen) atoms. The smallest absolute Gasteiger partial charge is 0.299 e. The van der Waals surface area contributed by atoms with Crippen LogP contribution >= 0.6 is 0 Å². The zero-order valence-electron chi connectivity index (χ0n) is 9.24. The van der Waals surface area contributed by atoms with Crippen LogP contribution in [0.5, 0.6) is 0 Å². The summed E-state index contributed by atoms with van der Waals surface area (Å²) in [6.45, 7) is 2.18. The highest BCUT2D eigenvalue weighted by Gasteiger charge is 2.07. The molecule has 1 heterocycles. The van der Waals surface area contributed by atoms with E-state index < -0.39 is 11.4 Å². The molecule has 2 N–H and O–H groups in total. The lowest BCUT2D eigenvalue weighted by molar-refractivity contribution is 0.574. The summed E-state index contributed by atoms with van der Waals surface area (Å²) in [7, 11) is 0. The molecule has 1 aromatic heterocycles. The molecule has 1 rings (SSSR count). The summed E-state index contributed by atoms with van der Waals surface area (Å²) in [6.07, 6.45) is 7.62. The van der Waals surface area contributed by atoms with E-state index in [1.807, 2.05) is 0 Å². The van der Waals surface area contributed by atoms with Crippen LogP contribution in [0.1, 0.15) is 51.1 Å². The maximum atomic E-state index is 13.0. The van der Waals surface area contributed by atoms with Gasteiger partial charge in [0.05, 0.1) is 5.69 Å². The highest BCUT2D eigenvalue weighted by Crippen LogP contribution is 2.08. The van der Waals surface area contributed by atoms with Gasteiger partial charge in [0.2, 0.25) is 5.82 Å². The molecule has 0 fully saturated rings. The van der Waals surface area contributed by atoms with Crippen molar-refractivity contribution in [1.29, 1.82) is 0 Å². The van der Waals surface area contributed by atoms with Crippen LogP contribution in [0.15, 0.2) is 4.79 Å². The summed E-state index contributed by atoms with van der Waals surface area (Å²) in [6, 6.07) is 0. The Hall–Kier alpha value is -1.06. The van der Waals surface area contributed by atoms with Gasteiger partial charge in [-0.25, -0.2) is 0 Å². The van der Waals surface area contributed by atoms with E-state index in [1.54, 1.807) is 0 Å². The van der Waals surface area contributed by atoms with E-state index in [1.165, 1.54) is 25.7 Å². The normalized spacial score (nSPS) is 10.8. The van der Waals surface area contributed by atoms with Crippen LogP contribution in [0.4, 0.5) is 4.39 Å². The number of unbranched alkanes of at least 4 members (excludes halogenated alkanes) is 5. The highest BCUT2D eigenvalue weighted by atomic mass is 19.1. The summed E-state index contributed by atoms with van der Waals surface area (Å²) >= 11 is 0. The molecule has 0 radical (unpaired) electrons. The van der Waals surface area contributed by atoms with Crippen LogP contribution in [-0.2, 0) is 6.42 Å². The Labute approximate surface area is 89.1 Å². The fourth-order valence-corrected chi connectivity index (χ4v) is 1.63. The summed E-state index contributed by atoms with van der Waals surface area (Å²) < 4.78 is 13.0. The Kier molecular flexibility index (Phi) is 5.15. The Morgan fingerprint density at radius 2 is 1.73 bits per heavy atom. The lowest BCUT2D eigenvalue weighted by Gasteiger charge is -1.99. The fourth-order valence-electron chi connectivity index (χ4n) is 1.63. The van der Waals surface area contributed by atoms with Gasteiger partial charge in [0.25, 0.3) is 5.56 Å². The maximum absolute atomic E-state index is 13.0. The molecule has 3 nitrogen and oxygen atoms in total. The molecule has 0 amide bonds. The SMILES string of the molecule is CCCCCCCCc1[nH][nH]c(=O)c1F. The Balaban J connectivity index is 2.15. The third-order valence-electron chi connectivity index (χ3n) is 2.57. The van der Waals surface area contributed by atoms with Crippen LogP contribution in [0.2, 0.25) is 0 Å². The third kappa shape index (κ3) is 3.90. The Morgan fingerprint density at radius 1 is 1.07 bits per heavy atom. The van der Waals surface area contributed by atoms with Crippen molar-refractivity contribution in [3.63, 3.8) is 0 Å². The van der Waals surface area contributed by atoms with Gasteiger partial charge >= 0.3 is 0 Å². The first-order valence-corrected chi connectivity index (χ1v) is 5.70. The average Bonchev–Trinajstić information content (AvgIpc) is 2.54. The first kappa shape index (κ1) is 12.0. The second kappa shape index (κ2) is 6.43. The van der Waals surface area contributed by atoms with Gasteiger partial charge in [0.15, 0.2) is 0 Å². The topological polar surface area (TPSA) is 48.6 Å². The molecule has 0 atom stereocenters. The molecule has 0 spiro atoms. The van der Waals surface area contributed by atoms with Crippen molar-refractivity contribution in [1.82, 2.24) is 10.2 Å². The predicted octanol–water partition coefficient (Wildman–Crippen LogP) is 2.75. The van der Waals surface area contributed by atoms with Gasteiger partial charge in [-0.3, -0.25) is 15.0 Å². The number of hydrogen-bond donors (Lipinski definition) is 2. The van der Waals surface area contributed by atoms with Crippen LogP contribution < -0.4 is 5.56 Å². The van der Waals surface area contributed by atoms with E-state index in [2.05, 4.69) is 17.1 Å². The monoisotopic (exact) mass is 214 g/mol. The van der Waals surface area contributed by atoms with E-state index in [-0.39, 0.29) is 0 Å². The molecule has 0 aliphatic rings. The number of rotatable bonds is 7. The van der Waals surface area contributed by atoms with Crippen LogP contribution in [-0.4, -0.2) is 10.2 Å². The molecule has 1 aromatic rings. The molecule has 0 aliphatic heterocycles. The minimum Gasteiger partial charge on any atom is -0.299 e. The predicted molar refractivity (Wildman–Crippen MR) is 58.5 cm³/mol. The van der Waals surface area contributed by atoms with E-state index in [9.17, 15) is 9.18 Å². The summed E-state index contributed by atoms with van der Waals surface area (Å²) in [4.78, 5) is 10.8.